The van der Waals surface area contributed by atoms with Crippen LogP contribution in [0.25, 0.3) is 22.3 Å². The van der Waals surface area contributed by atoms with Gasteiger partial charge in [0.15, 0.2) is 0 Å². The molecule has 5 heterocycles. The van der Waals surface area contributed by atoms with E-state index in [2.05, 4.69) is 47.5 Å². The number of likely N-dealkylation sites (N-methyl/N-ethyl adjacent to an activating group) is 1. The van der Waals surface area contributed by atoms with E-state index < -0.39 is 0 Å². The van der Waals surface area contributed by atoms with Gasteiger partial charge in [0.05, 0.1) is 41.8 Å². The summed E-state index contributed by atoms with van der Waals surface area (Å²) in [5.74, 6) is 0.822. The lowest BCUT2D eigenvalue weighted by Gasteiger charge is -2.35. The minimum Gasteiger partial charge on any atom is -0.478 e. The maximum Gasteiger partial charge on any atom is 0.256 e. The second kappa shape index (κ2) is 10.1. The maximum atomic E-state index is 13.1. The van der Waals surface area contributed by atoms with Crippen molar-refractivity contribution in [2.45, 2.75) is 19.9 Å². The first-order valence-corrected chi connectivity index (χ1v) is 12.2. The second-order valence-corrected chi connectivity index (χ2v) is 9.36. The minimum absolute atomic E-state index is 0.0386. The molecule has 4 aromatic rings. The van der Waals surface area contributed by atoms with Gasteiger partial charge < -0.3 is 25.3 Å². The van der Waals surface area contributed by atoms with E-state index in [1.807, 2.05) is 33.2 Å². The minimum atomic E-state index is -0.228. The van der Waals surface area contributed by atoms with Gasteiger partial charge in [0.2, 0.25) is 11.9 Å². The Labute approximate surface area is 215 Å². The number of nitrogens with zero attached hydrogens (tertiary/aromatic N) is 7. The van der Waals surface area contributed by atoms with E-state index >= 15 is 0 Å². The number of carbonyl (C=O) groups is 1. The van der Waals surface area contributed by atoms with Crippen molar-refractivity contribution in [2.24, 2.45) is 7.05 Å². The quantitative estimate of drug-likeness (QED) is 0.347. The number of aromatic amines is 1. The van der Waals surface area contributed by atoms with E-state index in [1.54, 1.807) is 30.4 Å². The summed E-state index contributed by atoms with van der Waals surface area (Å²) in [6, 6.07) is 1.58. The molecule has 5 rings (SSSR count). The summed E-state index contributed by atoms with van der Waals surface area (Å²) in [7, 11) is 5.48. The number of anilines is 3. The molecule has 12 heteroatoms. The Morgan fingerprint density at radius 3 is 2.70 bits per heavy atom. The average Bonchev–Trinajstić information content (AvgIpc) is 3.48. The zero-order valence-corrected chi connectivity index (χ0v) is 21.7. The molecule has 0 bridgehead atoms. The molecule has 0 aliphatic carbocycles. The number of hydrogen-bond acceptors (Lipinski definition) is 9. The summed E-state index contributed by atoms with van der Waals surface area (Å²) in [4.78, 5) is 34.7. The van der Waals surface area contributed by atoms with E-state index in [4.69, 9.17) is 9.72 Å². The summed E-state index contributed by atoms with van der Waals surface area (Å²) in [6.07, 6.45) is 7.12. The third kappa shape index (κ3) is 4.98. The number of fused-ring (bicyclic) bond motifs is 1. The van der Waals surface area contributed by atoms with E-state index in [-0.39, 0.29) is 11.9 Å². The van der Waals surface area contributed by atoms with Crippen LogP contribution >= 0.6 is 0 Å². The molecule has 0 unspecified atom stereocenters. The van der Waals surface area contributed by atoms with Crippen LogP contribution in [-0.2, 0) is 11.8 Å². The zero-order chi connectivity index (χ0) is 26.1. The average molecular weight is 505 g/mol. The number of H-pyrrole nitrogens is 1. The highest BCUT2D eigenvalue weighted by molar-refractivity contribution is 6.05. The van der Waals surface area contributed by atoms with Crippen LogP contribution in [-0.4, -0.2) is 91.8 Å². The molecule has 0 radical (unpaired) electrons. The lowest BCUT2D eigenvalue weighted by Crippen LogP contribution is -2.51. The van der Waals surface area contributed by atoms with Gasteiger partial charge in [-0.3, -0.25) is 19.4 Å². The van der Waals surface area contributed by atoms with Gasteiger partial charge in [0.25, 0.3) is 5.88 Å². The first kappa shape index (κ1) is 24.7. The Hall–Kier alpha value is -4.03. The Morgan fingerprint density at radius 2 is 1.95 bits per heavy atom. The van der Waals surface area contributed by atoms with Crippen molar-refractivity contribution in [1.29, 1.82) is 0 Å². The third-order valence-corrected chi connectivity index (χ3v) is 6.75. The van der Waals surface area contributed by atoms with Gasteiger partial charge in [-0.15, -0.1) is 5.10 Å². The van der Waals surface area contributed by atoms with Crippen LogP contribution in [0, 0.1) is 6.92 Å². The van der Waals surface area contributed by atoms with Crippen LogP contribution in [0.5, 0.6) is 5.88 Å². The largest absolute Gasteiger partial charge is 0.478 e. The van der Waals surface area contributed by atoms with E-state index in [1.165, 1.54) is 0 Å². The number of rotatable bonds is 7. The molecule has 0 saturated carbocycles. The molecule has 4 aromatic heterocycles. The molecule has 1 aliphatic heterocycles. The number of ether oxygens (including phenoxy) is 1. The lowest BCUT2D eigenvalue weighted by atomic mass is 10.1. The van der Waals surface area contributed by atoms with Gasteiger partial charge >= 0.3 is 0 Å². The normalized spacial score (nSPS) is 15.6. The topological polar surface area (TPSA) is 129 Å². The highest BCUT2D eigenvalue weighted by atomic mass is 16.5. The third-order valence-electron chi connectivity index (χ3n) is 6.75. The van der Waals surface area contributed by atoms with E-state index in [0.717, 1.165) is 54.0 Å². The van der Waals surface area contributed by atoms with Crippen molar-refractivity contribution in [2.75, 3.05) is 51.0 Å². The van der Waals surface area contributed by atoms with Gasteiger partial charge in [-0.2, -0.15) is 0 Å². The summed E-state index contributed by atoms with van der Waals surface area (Å²) >= 11 is 0. The number of piperazine rings is 1. The molecule has 3 N–H and O–H groups in total. The molecule has 194 valence electrons. The van der Waals surface area contributed by atoms with Crippen molar-refractivity contribution in [1.82, 2.24) is 39.5 Å². The summed E-state index contributed by atoms with van der Waals surface area (Å²) in [5, 5.41) is 10.5. The van der Waals surface area contributed by atoms with Crippen LogP contribution < -0.4 is 15.4 Å². The van der Waals surface area contributed by atoms with Gasteiger partial charge in [-0.1, -0.05) is 0 Å². The van der Waals surface area contributed by atoms with Crippen LogP contribution in [0.3, 0.4) is 0 Å². The van der Waals surface area contributed by atoms with Crippen molar-refractivity contribution in [3.05, 3.63) is 36.4 Å². The monoisotopic (exact) mass is 504 g/mol. The van der Waals surface area contributed by atoms with Crippen molar-refractivity contribution in [3.8, 4) is 17.1 Å². The number of aromatic nitrogens is 6. The second-order valence-electron chi connectivity index (χ2n) is 9.36. The number of amides is 1. The van der Waals surface area contributed by atoms with Gasteiger partial charge in [-0.25, -0.2) is 9.97 Å². The van der Waals surface area contributed by atoms with Crippen LogP contribution in [0.2, 0.25) is 0 Å². The molecular weight excluding hydrogens is 472 g/mol. The number of carbonyl (C=O) groups excluding carboxylic acids is 1. The first-order chi connectivity index (χ1) is 17.8. The number of hydrogen-bond donors (Lipinski definition) is 3. The van der Waals surface area contributed by atoms with Crippen molar-refractivity contribution in [3.63, 3.8) is 0 Å². The zero-order valence-electron chi connectivity index (χ0n) is 21.7. The highest BCUT2D eigenvalue weighted by Gasteiger charge is 2.25. The molecule has 1 fully saturated rings. The van der Waals surface area contributed by atoms with Crippen molar-refractivity contribution >= 4 is 34.3 Å². The fraction of sp³-hybridized carbons (Fsp3) is 0.400. The molecule has 1 aliphatic rings. The summed E-state index contributed by atoms with van der Waals surface area (Å²) in [5.41, 5.74) is 5.26. The molecule has 0 spiro atoms. The van der Waals surface area contributed by atoms with Gasteiger partial charge in [0.1, 0.15) is 5.69 Å². The van der Waals surface area contributed by atoms with Crippen LogP contribution in [0.15, 0.2) is 30.9 Å². The summed E-state index contributed by atoms with van der Waals surface area (Å²) < 4.78 is 6.98. The van der Waals surface area contributed by atoms with E-state index in [9.17, 15) is 4.79 Å². The molecule has 12 nitrogen and oxygen atoms in total. The first-order valence-electron chi connectivity index (χ1n) is 12.2. The Morgan fingerprint density at radius 1 is 1.16 bits per heavy atom. The van der Waals surface area contributed by atoms with Gasteiger partial charge in [0, 0.05) is 57.4 Å². The molecule has 1 saturated heterocycles. The smallest absolute Gasteiger partial charge is 0.256 e. The fourth-order valence-electron chi connectivity index (χ4n) is 4.52. The number of methoxy groups -OCH3 is 1. The number of aryl methyl sites for hydroxylation is 2. The van der Waals surface area contributed by atoms with Crippen LogP contribution in [0.4, 0.5) is 17.3 Å². The van der Waals surface area contributed by atoms with Crippen molar-refractivity contribution < 1.29 is 9.53 Å². The maximum absolute atomic E-state index is 13.1. The molecule has 1 amide bonds. The Kier molecular flexibility index (Phi) is 6.76. The standard InChI is InChI=1S/C25H32N10O2/c1-15-12-28-25(30-19-14-34(4)32-24(19)37-5)31-20(15)17-13-27-22-18(6-7-26-21(17)22)29-23(36)16(2)35-10-8-33(3)9-11-35/h6-7,12-14,16,27H,8-11H2,1-5H3,(H,26,29,36)(H,28,30,31)/t16-/m1/s1. The fourth-order valence-corrected chi connectivity index (χ4v) is 4.52. The molecular formula is C25H32N10O2. The number of nitrogens with one attached hydrogen (secondary N) is 3. The Bertz CT molecular complexity index is 1420. The lowest BCUT2D eigenvalue weighted by molar-refractivity contribution is -0.121. The summed E-state index contributed by atoms with van der Waals surface area (Å²) in [6.45, 7) is 7.57. The Balaban J connectivity index is 1.40. The predicted octanol–water partition coefficient (Wildman–Crippen LogP) is 2.39. The van der Waals surface area contributed by atoms with Crippen LogP contribution in [0.1, 0.15) is 12.5 Å². The highest BCUT2D eigenvalue weighted by Crippen LogP contribution is 2.32. The molecule has 1 atom stereocenters. The predicted molar refractivity (Wildman–Crippen MR) is 142 cm³/mol. The molecule has 37 heavy (non-hydrogen) atoms. The van der Waals surface area contributed by atoms with Gasteiger partial charge in [-0.05, 0) is 32.5 Å². The number of pyridine rings is 1. The van der Waals surface area contributed by atoms with E-state index in [0.29, 0.717) is 23.2 Å². The SMILES string of the molecule is COc1nn(C)cc1Nc1ncc(C)c(-c2c[nH]c3c(NC(=O)[C@@H](C)N4CCN(C)CC4)ccnc23)n1. The molecule has 0 aromatic carbocycles.